The molecule has 0 bridgehead atoms. The molecule has 0 radical (unpaired) electrons. The van der Waals surface area contributed by atoms with Gasteiger partial charge in [-0.2, -0.15) is 13.2 Å². The van der Waals surface area contributed by atoms with E-state index in [9.17, 15) is 18.0 Å². The van der Waals surface area contributed by atoms with Crippen LogP contribution in [0.4, 0.5) is 18.9 Å². The van der Waals surface area contributed by atoms with Gasteiger partial charge < -0.3 is 15.2 Å². The number of nitrogens with zero attached hydrogens (tertiary/aromatic N) is 1. The Bertz CT molecular complexity index is 1230. The van der Waals surface area contributed by atoms with Gasteiger partial charge >= 0.3 is 12.1 Å². The molecule has 2 heterocycles. The summed E-state index contributed by atoms with van der Waals surface area (Å²) in [4.78, 5) is 15.4. The Kier molecular flexibility index (Phi) is 5.23. The number of aromatic nitrogens is 1. The number of carboxylic acid groups (broad SMARTS) is 1. The van der Waals surface area contributed by atoms with Gasteiger partial charge in [-0.05, 0) is 41.2 Å². The van der Waals surface area contributed by atoms with Crippen LogP contribution in [-0.2, 0) is 17.4 Å². The highest BCUT2D eigenvalue weighted by Gasteiger charge is 2.35. The molecule has 1 unspecified atom stereocenters. The largest absolute Gasteiger partial charge is 0.491 e. The predicted molar refractivity (Wildman–Crippen MR) is 116 cm³/mol. The van der Waals surface area contributed by atoms with Crippen LogP contribution in [0.3, 0.4) is 0 Å². The lowest BCUT2D eigenvalue weighted by molar-refractivity contribution is -0.138. The molecule has 0 fully saturated rings. The van der Waals surface area contributed by atoms with E-state index in [-0.39, 0.29) is 30.6 Å². The first kappa shape index (κ1) is 21.3. The standard InChI is InChI=1S/C25H21F3N2O3/c26-25(27,28)20-7-2-1-4-18(20)16-5-3-6-19-17(16)8-9-21(19)30-15-11-22-24(29-12-15)14(13-33-22)10-23(31)32/h1-7,11-12,14,21,30H,8-10,13H2,(H,31,32)/t14?,21-/m1/s1. The Hall–Kier alpha value is -3.55. The highest BCUT2D eigenvalue weighted by molar-refractivity contribution is 5.74. The summed E-state index contributed by atoms with van der Waals surface area (Å²) in [6.07, 6.45) is -1.41. The van der Waals surface area contributed by atoms with Gasteiger partial charge in [-0.1, -0.05) is 36.4 Å². The number of benzene rings is 2. The van der Waals surface area contributed by atoms with Crippen molar-refractivity contribution in [2.45, 2.75) is 37.4 Å². The number of ether oxygens (including phenoxy) is 1. The van der Waals surface area contributed by atoms with Crippen LogP contribution in [0, 0.1) is 0 Å². The molecule has 2 N–H and O–H groups in total. The number of pyridine rings is 1. The SMILES string of the molecule is O=C(O)CC1COc2cc(N[C@@H]3CCc4c(-c5ccccc5C(F)(F)F)cccc43)cnc21. The zero-order valence-electron chi connectivity index (χ0n) is 17.5. The van der Waals surface area contributed by atoms with Crippen molar-refractivity contribution in [3.8, 4) is 16.9 Å². The van der Waals surface area contributed by atoms with Crippen LogP contribution in [-0.4, -0.2) is 22.7 Å². The topological polar surface area (TPSA) is 71.5 Å². The number of hydrogen-bond acceptors (Lipinski definition) is 4. The number of nitrogens with one attached hydrogen (secondary N) is 1. The van der Waals surface area contributed by atoms with E-state index in [0.717, 1.165) is 29.3 Å². The third-order valence-electron chi connectivity index (χ3n) is 6.26. The van der Waals surface area contributed by atoms with E-state index >= 15 is 0 Å². The molecule has 1 aliphatic heterocycles. The third-order valence-corrected chi connectivity index (χ3v) is 6.26. The fourth-order valence-electron chi connectivity index (χ4n) is 4.81. The number of rotatable bonds is 5. The smallest absolute Gasteiger partial charge is 0.417 e. The van der Waals surface area contributed by atoms with E-state index in [1.165, 1.54) is 12.1 Å². The summed E-state index contributed by atoms with van der Waals surface area (Å²) in [5.41, 5.74) is 3.42. The Labute approximate surface area is 188 Å². The second kappa shape index (κ2) is 8.10. The number of alkyl halides is 3. The molecule has 170 valence electrons. The second-order valence-electron chi connectivity index (χ2n) is 8.37. The summed E-state index contributed by atoms with van der Waals surface area (Å²) >= 11 is 0. The molecule has 33 heavy (non-hydrogen) atoms. The highest BCUT2D eigenvalue weighted by Crippen LogP contribution is 2.44. The van der Waals surface area contributed by atoms with E-state index in [1.54, 1.807) is 24.4 Å². The van der Waals surface area contributed by atoms with Crippen LogP contribution >= 0.6 is 0 Å². The van der Waals surface area contributed by atoms with Crippen LogP contribution in [0.25, 0.3) is 11.1 Å². The van der Waals surface area contributed by atoms with Gasteiger partial charge in [0.05, 0.1) is 42.2 Å². The van der Waals surface area contributed by atoms with Gasteiger partial charge in [0.25, 0.3) is 0 Å². The van der Waals surface area contributed by atoms with Gasteiger partial charge in [0, 0.05) is 12.0 Å². The Balaban J connectivity index is 1.42. The van der Waals surface area contributed by atoms with Crippen molar-refractivity contribution < 1.29 is 27.8 Å². The van der Waals surface area contributed by atoms with Gasteiger partial charge in [-0.25, -0.2) is 0 Å². The van der Waals surface area contributed by atoms with Crippen LogP contribution in [0.1, 0.15) is 47.2 Å². The molecule has 1 aliphatic carbocycles. The molecular formula is C25H21F3N2O3. The van der Waals surface area contributed by atoms with Crippen molar-refractivity contribution in [2.75, 3.05) is 11.9 Å². The lowest BCUT2D eigenvalue weighted by atomic mass is 9.93. The zero-order valence-corrected chi connectivity index (χ0v) is 17.5. The second-order valence-corrected chi connectivity index (χ2v) is 8.37. The molecule has 3 aromatic rings. The van der Waals surface area contributed by atoms with Crippen molar-refractivity contribution in [1.82, 2.24) is 4.98 Å². The number of anilines is 1. The lowest BCUT2D eigenvalue weighted by Crippen LogP contribution is -2.09. The molecule has 2 atom stereocenters. The molecule has 0 amide bonds. The van der Waals surface area contributed by atoms with Crippen molar-refractivity contribution in [1.29, 1.82) is 0 Å². The fraction of sp³-hybridized carbons (Fsp3) is 0.280. The molecule has 0 spiro atoms. The summed E-state index contributed by atoms with van der Waals surface area (Å²) in [6.45, 7) is 0.284. The fourth-order valence-corrected chi connectivity index (χ4v) is 4.81. The molecule has 2 aromatic carbocycles. The van der Waals surface area contributed by atoms with Crippen molar-refractivity contribution >= 4 is 11.7 Å². The monoisotopic (exact) mass is 454 g/mol. The van der Waals surface area contributed by atoms with Crippen LogP contribution < -0.4 is 10.1 Å². The molecule has 8 heteroatoms. The minimum absolute atomic E-state index is 0.0368. The van der Waals surface area contributed by atoms with Gasteiger partial charge in [0.1, 0.15) is 5.75 Å². The molecule has 0 saturated carbocycles. The predicted octanol–water partition coefficient (Wildman–Crippen LogP) is 5.82. The van der Waals surface area contributed by atoms with E-state index in [2.05, 4.69) is 10.3 Å². The van der Waals surface area contributed by atoms with E-state index in [1.807, 2.05) is 12.1 Å². The molecular weight excluding hydrogens is 433 g/mol. The molecule has 0 saturated heterocycles. The Morgan fingerprint density at radius 2 is 1.94 bits per heavy atom. The van der Waals surface area contributed by atoms with Crippen LogP contribution in [0.2, 0.25) is 0 Å². The first-order valence-electron chi connectivity index (χ1n) is 10.7. The maximum atomic E-state index is 13.6. The zero-order chi connectivity index (χ0) is 23.2. The molecule has 1 aromatic heterocycles. The van der Waals surface area contributed by atoms with Gasteiger partial charge in [-0.3, -0.25) is 9.78 Å². The maximum Gasteiger partial charge on any atom is 0.417 e. The van der Waals surface area contributed by atoms with Gasteiger partial charge in [0.2, 0.25) is 0 Å². The molecule has 2 aliphatic rings. The first-order chi connectivity index (χ1) is 15.8. The van der Waals surface area contributed by atoms with Gasteiger partial charge in [-0.15, -0.1) is 0 Å². The van der Waals surface area contributed by atoms with Crippen molar-refractivity contribution in [3.63, 3.8) is 0 Å². The Morgan fingerprint density at radius 3 is 2.73 bits per heavy atom. The maximum absolute atomic E-state index is 13.6. The lowest BCUT2D eigenvalue weighted by Gasteiger charge is -2.18. The summed E-state index contributed by atoms with van der Waals surface area (Å²) in [7, 11) is 0. The molecule has 5 nitrogen and oxygen atoms in total. The van der Waals surface area contributed by atoms with Crippen molar-refractivity contribution in [3.05, 3.63) is 77.1 Å². The number of fused-ring (bicyclic) bond motifs is 2. The average molecular weight is 454 g/mol. The summed E-state index contributed by atoms with van der Waals surface area (Å²) in [6, 6.07) is 12.9. The quantitative estimate of drug-likeness (QED) is 0.509. The molecule has 5 rings (SSSR count). The van der Waals surface area contributed by atoms with Crippen LogP contribution in [0.5, 0.6) is 5.75 Å². The normalized spacial score (nSPS) is 19.0. The first-order valence-corrected chi connectivity index (χ1v) is 10.7. The minimum atomic E-state index is -4.43. The number of carbonyl (C=O) groups is 1. The number of hydrogen-bond donors (Lipinski definition) is 2. The average Bonchev–Trinajstić information content (AvgIpc) is 3.37. The number of aliphatic carboxylic acids is 1. The van der Waals surface area contributed by atoms with Gasteiger partial charge in [0.15, 0.2) is 0 Å². The number of halogens is 3. The van der Waals surface area contributed by atoms with E-state index in [4.69, 9.17) is 9.84 Å². The Morgan fingerprint density at radius 1 is 1.15 bits per heavy atom. The number of carboxylic acids is 1. The van der Waals surface area contributed by atoms with E-state index in [0.29, 0.717) is 23.4 Å². The third kappa shape index (κ3) is 4.01. The summed E-state index contributed by atoms with van der Waals surface area (Å²) in [5.74, 6) is -0.599. The van der Waals surface area contributed by atoms with E-state index < -0.39 is 17.7 Å². The summed E-state index contributed by atoms with van der Waals surface area (Å²) in [5, 5.41) is 12.5. The van der Waals surface area contributed by atoms with Crippen molar-refractivity contribution in [2.24, 2.45) is 0 Å². The summed E-state index contributed by atoms with van der Waals surface area (Å²) < 4.78 is 46.4. The highest BCUT2D eigenvalue weighted by atomic mass is 19.4. The van der Waals surface area contributed by atoms with Crippen LogP contribution in [0.15, 0.2) is 54.7 Å². The minimum Gasteiger partial charge on any atom is -0.491 e.